The fourth-order valence-corrected chi connectivity index (χ4v) is 2.12. The van der Waals surface area contributed by atoms with E-state index in [1.807, 2.05) is 0 Å². The highest BCUT2D eigenvalue weighted by atomic mass is 127. The molecule has 0 aliphatic carbocycles. The fraction of sp³-hybridized carbons (Fsp3) is 0.375. The Balaban J connectivity index is 3.40. The van der Waals surface area contributed by atoms with E-state index in [1.165, 1.54) is 22.6 Å². The van der Waals surface area contributed by atoms with E-state index in [2.05, 4.69) is 4.98 Å². The minimum absolute atomic E-state index is 0.0319. The highest BCUT2D eigenvalue weighted by Crippen LogP contribution is 2.34. The van der Waals surface area contributed by atoms with Crippen molar-refractivity contribution in [2.45, 2.75) is 18.5 Å². The lowest BCUT2D eigenvalue weighted by Gasteiger charge is -2.12. The molecule has 1 nitrogen and oxygen atoms in total. The quantitative estimate of drug-likeness (QED) is 0.427. The summed E-state index contributed by atoms with van der Waals surface area (Å²) < 4.78 is 61.9. The summed E-state index contributed by atoms with van der Waals surface area (Å²) in [5.74, 6) is -0.345. The van der Waals surface area contributed by atoms with Crippen LogP contribution in [0.15, 0.2) is 6.07 Å². The molecule has 0 atom stereocenters. The molecule has 0 saturated heterocycles. The normalized spacial score (nSPS) is 12.2. The predicted molar refractivity (Wildman–Crippen MR) is 56.5 cm³/mol. The van der Waals surface area contributed by atoms with Gasteiger partial charge in [-0.3, -0.25) is 0 Å². The van der Waals surface area contributed by atoms with Crippen LogP contribution in [0.2, 0.25) is 0 Å². The molecule has 8 heteroatoms. The molecule has 0 radical (unpaired) electrons. The molecule has 0 amide bonds. The topological polar surface area (TPSA) is 12.9 Å². The largest absolute Gasteiger partial charge is 0.433 e. The minimum Gasteiger partial charge on any atom is -0.246 e. The van der Waals surface area contributed by atoms with Crippen molar-refractivity contribution < 1.29 is 22.0 Å². The lowest BCUT2D eigenvalue weighted by Crippen LogP contribution is -2.12. The Kier molecular flexibility index (Phi) is 4.33. The second-order valence-electron chi connectivity index (χ2n) is 2.79. The third-order valence-electron chi connectivity index (χ3n) is 1.71. The van der Waals surface area contributed by atoms with Crippen LogP contribution in [0.25, 0.3) is 0 Å². The Bertz CT molecular complexity index is 393. The molecule has 0 unspecified atom stereocenters. The summed E-state index contributed by atoms with van der Waals surface area (Å²) in [5, 5.41) is 0. The van der Waals surface area contributed by atoms with Crippen molar-refractivity contribution in [3.63, 3.8) is 0 Å². The van der Waals surface area contributed by atoms with Gasteiger partial charge in [0.1, 0.15) is 5.69 Å². The Morgan fingerprint density at radius 3 is 2.31 bits per heavy atom. The summed E-state index contributed by atoms with van der Waals surface area (Å²) >= 11 is 6.86. The maximum atomic E-state index is 12.5. The zero-order chi connectivity index (χ0) is 12.5. The number of rotatable bonds is 2. The maximum absolute atomic E-state index is 12.5. The van der Waals surface area contributed by atoms with Crippen molar-refractivity contribution in [1.29, 1.82) is 0 Å². The number of alkyl halides is 6. The molecule has 1 aromatic rings. The summed E-state index contributed by atoms with van der Waals surface area (Å²) in [6.45, 7) is 0. The predicted octanol–water partition coefficient (Wildman–Crippen LogP) is 4.38. The van der Waals surface area contributed by atoms with Crippen LogP contribution < -0.4 is 0 Å². The molecule has 0 aliphatic heterocycles. The molecule has 0 fully saturated rings. The molecule has 0 spiro atoms. The molecule has 0 saturated carbocycles. The van der Waals surface area contributed by atoms with Gasteiger partial charge in [-0.1, -0.05) is 0 Å². The van der Waals surface area contributed by atoms with Gasteiger partial charge in [0.15, 0.2) is 0 Å². The van der Waals surface area contributed by atoms with E-state index in [4.69, 9.17) is 11.6 Å². The van der Waals surface area contributed by atoms with Crippen LogP contribution in [0.5, 0.6) is 0 Å². The molecule has 1 heterocycles. The smallest absolute Gasteiger partial charge is 0.246 e. The Morgan fingerprint density at radius 2 is 1.94 bits per heavy atom. The Labute approximate surface area is 106 Å². The van der Waals surface area contributed by atoms with Crippen LogP contribution in [0, 0.1) is 3.57 Å². The van der Waals surface area contributed by atoms with E-state index in [1.54, 1.807) is 0 Å². The number of halogens is 7. The first kappa shape index (κ1) is 13.9. The monoisotopic (exact) mass is 371 g/mol. The van der Waals surface area contributed by atoms with E-state index in [9.17, 15) is 22.0 Å². The van der Waals surface area contributed by atoms with Gasteiger partial charge in [-0.2, -0.15) is 13.2 Å². The molecule has 1 rings (SSSR count). The zero-order valence-electron chi connectivity index (χ0n) is 7.45. The molecule has 0 aliphatic rings. The minimum atomic E-state index is -4.76. The summed E-state index contributed by atoms with van der Waals surface area (Å²) in [6.07, 6.45) is -7.74. The van der Waals surface area contributed by atoms with Gasteiger partial charge in [0.25, 0.3) is 6.43 Å². The van der Waals surface area contributed by atoms with Gasteiger partial charge < -0.3 is 0 Å². The number of aromatic nitrogens is 1. The molecule has 16 heavy (non-hydrogen) atoms. The second-order valence-corrected chi connectivity index (χ2v) is 4.14. The number of nitrogens with zero attached hydrogens (tertiary/aromatic N) is 1. The average Bonchev–Trinajstić information content (AvgIpc) is 2.15. The zero-order valence-corrected chi connectivity index (χ0v) is 10.4. The standard InChI is InChI=1S/C8H4ClF5IN/c9-2-4-6(15)3(7(10)11)1-5(16-4)8(12,13)14/h1,7H,2H2. The molecule has 90 valence electrons. The molecule has 0 aromatic carbocycles. The van der Waals surface area contributed by atoms with Gasteiger partial charge in [-0.05, 0) is 28.7 Å². The van der Waals surface area contributed by atoms with Crippen molar-refractivity contribution in [2.24, 2.45) is 0 Å². The second kappa shape index (κ2) is 4.99. The van der Waals surface area contributed by atoms with Crippen molar-refractivity contribution >= 4 is 34.2 Å². The van der Waals surface area contributed by atoms with E-state index in [0.717, 1.165) is 0 Å². The fourth-order valence-electron chi connectivity index (χ4n) is 0.997. The van der Waals surface area contributed by atoms with Gasteiger partial charge >= 0.3 is 6.18 Å². The highest BCUT2D eigenvalue weighted by Gasteiger charge is 2.34. The lowest BCUT2D eigenvalue weighted by atomic mass is 10.2. The van der Waals surface area contributed by atoms with Crippen LogP contribution in [0.1, 0.15) is 23.4 Å². The highest BCUT2D eigenvalue weighted by molar-refractivity contribution is 14.1. The van der Waals surface area contributed by atoms with Crippen LogP contribution in [0.3, 0.4) is 0 Å². The Hall–Kier alpha value is -0.180. The van der Waals surface area contributed by atoms with Crippen LogP contribution in [0.4, 0.5) is 22.0 Å². The van der Waals surface area contributed by atoms with Crippen LogP contribution in [-0.4, -0.2) is 4.98 Å². The molecular weight excluding hydrogens is 367 g/mol. The number of hydrogen-bond acceptors (Lipinski definition) is 1. The first-order valence-electron chi connectivity index (χ1n) is 3.88. The van der Waals surface area contributed by atoms with Gasteiger partial charge in [0.05, 0.1) is 11.6 Å². The lowest BCUT2D eigenvalue weighted by molar-refractivity contribution is -0.141. The molecule has 0 bridgehead atoms. The first-order chi connectivity index (χ1) is 7.27. The molecule has 0 N–H and O–H groups in total. The van der Waals surface area contributed by atoms with E-state index in [0.29, 0.717) is 6.07 Å². The Morgan fingerprint density at radius 1 is 1.38 bits per heavy atom. The third kappa shape index (κ3) is 2.93. The average molecular weight is 371 g/mol. The first-order valence-corrected chi connectivity index (χ1v) is 5.49. The van der Waals surface area contributed by atoms with Gasteiger partial charge in [0, 0.05) is 9.13 Å². The SMILES string of the molecule is FC(F)c1cc(C(F)(F)F)nc(CCl)c1I. The van der Waals surface area contributed by atoms with Crippen LogP contribution >= 0.6 is 34.2 Å². The van der Waals surface area contributed by atoms with Gasteiger partial charge in [-0.15, -0.1) is 11.6 Å². The van der Waals surface area contributed by atoms with Crippen molar-refractivity contribution in [2.75, 3.05) is 0 Å². The molecular formula is C8H4ClF5IN. The van der Waals surface area contributed by atoms with Crippen molar-refractivity contribution in [3.05, 3.63) is 26.6 Å². The summed E-state index contributed by atoms with van der Waals surface area (Å²) in [4.78, 5) is 3.21. The summed E-state index contributed by atoms with van der Waals surface area (Å²) in [6, 6.07) is 0.350. The van der Waals surface area contributed by atoms with E-state index < -0.39 is 23.9 Å². The van der Waals surface area contributed by atoms with E-state index in [-0.39, 0.29) is 15.1 Å². The van der Waals surface area contributed by atoms with Gasteiger partial charge in [0.2, 0.25) is 0 Å². The third-order valence-corrected chi connectivity index (χ3v) is 3.21. The number of hydrogen-bond donors (Lipinski definition) is 0. The van der Waals surface area contributed by atoms with Crippen molar-refractivity contribution in [3.8, 4) is 0 Å². The van der Waals surface area contributed by atoms with Gasteiger partial charge in [-0.25, -0.2) is 13.8 Å². The molecule has 1 aromatic heterocycles. The van der Waals surface area contributed by atoms with E-state index >= 15 is 0 Å². The number of pyridine rings is 1. The maximum Gasteiger partial charge on any atom is 0.433 e. The van der Waals surface area contributed by atoms with Crippen molar-refractivity contribution in [1.82, 2.24) is 4.98 Å². The van der Waals surface area contributed by atoms with Crippen LogP contribution in [-0.2, 0) is 12.1 Å². The summed E-state index contributed by atoms with van der Waals surface area (Å²) in [7, 11) is 0. The summed E-state index contributed by atoms with van der Waals surface area (Å²) in [5.41, 5.74) is -2.23.